The summed E-state index contributed by atoms with van der Waals surface area (Å²) in [5.41, 5.74) is 4.07. The molecule has 0 saturated carbocycles. The molecule has 3 heteroatoms. The van der Waals surface area contributed by atoms with Gasteiger partial charge in [0.2, 0.25) is 0 Å². The largest absolute Gasteiger partial charge is 0.417 e. The lowest BCUT2D eigenvalue weighted by Gasteiger charge is -2.09. The van der Waals surface area contributed by atoms with Gasteiger partial charge in [-0.2, -0.15) is 0 Å². The van der Waals surface area contributed by atoms with E-state index in [1.165, 1.54) is 0 Å². The molecule has 0 unspecified atom stereocenters. The average Bonchev–Trinajstić information content (AvgIpc) is 2.36. The molecule has 0 aliphatic heterocycles. The predicted molar refractivity (Wildman–Crippen MR) is 76.7 cm³/mol. The molecule has 0 fully saturated rings. The summed E-state index contributed by atoms with van der Waals surface area (Å²) in [5.74, 6) is 0.535. The lowest BCUT2D eigenvalue weighted by atomic mass is 10.1. The number of amides is 1. The molecule has 2 rings (SSSR count). The van der Waals surface area contributed by atoms with E-state index in [0.717, 1.165) is 22.4 Å². The van der Waals surface area contributed by atoms with Gasteiger partial charge in [-0.25, -0.2) is 4.79 Å². The van der Waals surface area contributed by atoms with Gasteiger partial charge in [0.1, 0.15) is 5.75 Å². The van der Waals surface area contributed by atoms with Crippen LogP contribution in [0.3, 0.4) is 0 Å². The third kappa shape index (κ3) is 3.58. The van der Waals surface area contributed by atoms with Crippen LogP contribution in [-0.4, -0.2) is 6.09 Å². The zero-order chi connectivity index (χ0) is 13.8. The van der Waals surface area contributed by atoms with Crippen LogP contribution in [0.4, 0.5) is 10.5 Å². The second-order valence-corrected chi connectivity index (χ2v) is 4.65. The summed E-state index contributed by atoms with van der Waals surface area (Å²) in [4.78, 5) is 11.8. The highest BCUT2D eigenvalue weighted by Crippen LogP contribution is 2.17. The first-order valence-corrected chi connectivity index (χ1v) is 6.17. The van der Waals surface area contributed by atoms with Crippen molar-refractivity contribution in [2.75, 3.05) is 5.32 Å². The van der Waals surface area contributed by atoms with E-state index in [9.17, 15) is 4.79 Å². The van der Waals surface area contributed by atoms with Crippen LogP contribution < -0.4 is 10.1 Å². The number of hydrogen-bond donors (Lipinski definition) is 1. The minimum absolute atomic E-state index is 0.476. The van der Waals surface area contributed by atoms with E-state index >= 15 is 0 Å². The first-order chi connectivity index (χ1) is 9.04. The maximum Gasteiger partial charge on any atom is 0.417 e. The third-order valence-corrected chi connectivity index (χ3v) is 2.85. The molecule has 2 aromatic carbocycles. The van der Waals surface area contributed by atoms with E-state index in [0.29, 0.717) is 5.75 Å². The van der Waals surface area contributed by atoms with Crippen LogP contribution in [0.5, 0.6) is 5.75 Å². The summed E-state index contributed by atoms with van der Waals surface area (Å²) in [5, 5.41) is 2.74. The van der Waals surface area contributed by atoms with Gasteiger partial charge in [0.05, 0.1) is 0 Å². The van der Waals surface area contributed by atoms with E-state index in [4.69, 9.17) is 4.74 Å². The van der Waals surface area contributed by atoms with Crippen LogP contribution in [0.15, 0.2) is 42.5 Å². The number of rotatable bonds is 2. The summed E-state index contributed by atoms with van der Waals surface area (Å²) in [6.45, 7) is 5.95. The molecule has 0 radical (unpaired) electrons. The van der Waals surface area contributed by atoms with Crippen LogP contribution in [0.1, 0.15) is 16.7 Å². The van der Waals surface area contributed by atoms with Crippen molar-refractivity contribution in [2.24, 2.45) is 0 Å². The van der Waals surface area contributed by atoms with Gasteiger partial charge in [-0.1, -0.05) is 35.4 Å². The van der Waals surface area contributed by atoms with Gasteiger partial charge in [0.25, 0.3) is 0 Å². The monoisotopic (exact) mass is 255 g/mol. The summed E-state index contributed by atoms with van der Waals surface area (Å²) >= 11 is 0. The fraction of sp³-hybridized carbons (Fsp3) is 0.188. The van der Waals surface area contributed by atoms with E-state index < -0.39 is 6.09 Å². The molecule has 0 aliphatic rings. The number of carbonyl (C=O) groups excluding carboxylic acids is 1. The number of benzene rings is 2. The zero-order valence-electron chi connectivity index (χ0n) is 11.4. The Bertz CT molecular complexity index is 588. The van der Waals surface area contributed by atoms with Crippen molar-refractivity contribution in [3.8, 4) is 5.75 Å². The minimum Gasteiger partial charge on any atom is -0.410 e. The number of ether oxygens (including phenoxy) is 1. The first-order valence-electron chi connectivity index (χ1n) is 6.17. The van der Waals surface area contributed by atoms with Crippen LogP contribution in [-0.2, 0) is 0 Å². The molecule has 19 heavy (non-hydrogen) atoms. The molecule has 0 heterocycles. The number of anilines is 1. The fourth-order valence-corrected chi connectivity index (χ4v) is 1.80. The van der Waals surface area contributed by atoms with Crippen molar-refractivity contribution in [3.63, 3.8) is 0 Å². The van der Waals surface area contributed by atoms with Crippen LogP contribution in [0.25, 0.3) is 0 Å². The molecule has 0 bridgehead atoms. The lowest BCUT2D eigenvalue weighted by Crippen LogP contribution is -2.17. The molecular formula is C16H17NO2. The van der Waals surface area contributed by atoms with E-state index in [1.54, 1.807) is 12.1 Å². The lowest BCUT2D eigenvalue weighted by molar-refractivity contribution is 0.215. The second kappa shape index (κ2) is 5.57. The normalized spacial score (nSPS) is 10.1. The number of aryl methyl sites for hydroxylation is 3. The third-order valence-electron chi connectivity index (χ3n) is 2.85. The quantitative estimate of drug-likeness (QED) is 0.872. The van der Waals surface area contributed by atoms with Crippen molar-refractivity contribution < 1.29 is 9.53 Å². The Kier molecular flexibility index (Phi) is 3.85. The maximum absolute atomic E-state index is 11.8. The summed E-state index contributed by atoms with van der Waals surface area (Å²) in [6.07, 6.45) is -0.476. The van der Waals surface area contributed by atoms with E-state index in [2.05, 4.69) is 5.32 Å². The molecule has 98 valence electrons. The standard InChI is InChI=1S/C16H17NO2/c1-11-4-7-14(8-5-11)19-16(18)17-15-9-6-12(2)10-13(15)3/h4-10H,1-3H3,(H,17,18). The Labute approximate surface area is 113 Å². The van der Waals surface area contributed by atoms with Crippen LogP contribution >= 0.6 is 0 Å². The van der Waals surface area contributed by atoms with E-state index in [1.807, 2.05) is 51.1 Å². The fourth-order valence-electron chi connectivity index (χ4n) is 1.80. The Balaban J connectivity index is 2.03. The van der Waals surface area contributed by atoms with Gasteiger partial charge in [0.15, 0.2) is 0 Å². The van der Waals surface area contributed by atoms with Crippen molar-refractivity contribution in [3.05, 3.63) is 59.2 Å². The van der Waals surface area contributed by atoms with Crippen molar-refractivity contribution >= 4 is 11.8 Å². The number of nitrogens with one attached hydrogen (secondary N) is 1. The molecule has 0 aliphatic carbocycles. The van der Waals surface area contributed by atoms with Gasteiger partial charge in [-0.05, 0) is 44.5 Å². The molecule has 0 saturated heterocycles. The highest BCUT2D eigenvalue weighted by molar-refractivity contribution is 5.87. The highest BCUT2D eigenvalue weighted by atomic mass is 16.6. The van der Waals surface area contributed by atoms with E-state index in [-0.39, 0.29) is 0 Å². The average molecular weight is 255 g/mol. The molecule has 0 aromatic heterocycles. The molecule has 0 atom stereocenters. The van der Waals surface area contributed by atoms with Gasteiger partial charge in [-0.15, -0.1) is 0 Å². The molecule has 3 nitrogen and oxygen atoms in total. The van der Waals surface area contributed by atoms with Crippen molar-refractivity contribution in [2.45, 2.75) is 20.8 Å². The van der Waals surface area contributed by atoms with Crippen molar-refractivity contribution in [1.29, 1.82) is 0 Å². The van der Waals surface area contributed by atoms with Crippen LogP contribution in [0.2, 0.25) is 0 Å². The van der Waals surface area contributed by atoms with Crippen molar-refractivity contribution in [1.82, 2.24) is 0 Å². The minimum atomic E-state index is -0.476. The maximum atomic E-state index is 11.8. The predicted octanol–water partition coefficient (Wildman–Crippen LogP) is 4.22. The van der Waals surface area contributed by atoms with Gasteiger partial charge < -0.3 is 4.74 Å². The highest BCUT2D eigenvalue weighted by Gasteiger charge is 2.06. The zero-order valence-corrected chi connectivity index (χ0v) is 11.4. The molecular weight excluding hydrogens is 238 g/mol. The van der Waals surface area contributed by atoms with Gasteiger partial charge in [0, 0.05) is 5.69 Å². The number of carbonyl (C=O) groups is 1. The second-order valence-electron chi connectivity index (χ2n) is 4.65. The first kappa shape index (κ1) is 13.1. The Morgan fingerprint density at radius 1 is 0.947 bits per heavy atom. The Morgan fingerprint density at radius 2 is 1.58 bits per heavy atom. The number of hydrogen-bond acceptors (Lipinski definition) is 2. The molecule has 0 spiro atoms. The Hall–Kier alpha value is -2.29. The topological polar surface area (TPSA) is 38.3 Å². The molecule has 2 aromatic rings. The summed E-state index contributed by atoms with van der Waals surface area (Å²) in [6, 6.07) is 13.2. The van der Waals surface area contributed by atoms with Gasteiger partial charge >= 0.3 is 6.09 Å². The summed E-state index contributed by atoms with van der Waals surface area (Å²) in [7, 11) is 0. The van der Waals surface area contributed by atoms with Gasteiger partial charge in [-0.3, -0.25) is 5.32 Å². The summed E-state index contributed by atoms with van der Waals surface area (Å²) < 4.78 is 5.21. The molecule has 1 amide bonds. The smallest absolute Gasteiger partial charge is 0.410 e. The molecule has 1 N–H and O–H groups in total. The Morgan fingerprint density at radius 3 is 2.21 bits per heavy atom. The SMILES string of the molecule is Cc1ccc(OC(=O)Nc2ccc(C)cc2C)cc1. The van der Waals surface area contributed by atoms with Crippen LogP contribution in [0, 0.1) is 20.8 Å².